The van der Waals surface area contributed by atoms with E-state index in [2.05, 4.69) is 41.7 Å². The van der Waals surface area contributed by atoms with Crippen molar-refractivity contribution in [3.05, 3.63) is 71.7 Å². The number of benzene rings is 1. The van der Waals surface area contributed by atoms with Crippen molar-refractivity contribution in [1.82, 2.24) is 5.32 Å². The van der Waals surface area contributed by atoms with E-state index in [0.29, 0.717) is 10.9 Å². The van der Waals surface area contributed by atoms with Crippen LogP contribution in [0, 0.1) is 5.92 Å². The van der Waals surface area contributed by atoms with Gasteiger partial charge in [0.05, 0.1) is 15.8 Å². The van der Waals surface area contributed by atoms with Gasteiger partial charge >= 0.3 is 0 Å². The van der Waals surface area contributed by atoms with Gasteiger partial charge in [0.15, 0.2) is 0 Å². The summed E-state index contributed by atoms with van der Waals surface area (Å²) in [6.45, 7) is 0. The molecule has 2 nitrogen and oxygen atoms in total. The van der Waals surface area contributed by atoms with E-state index in [9.17, 15) is 4.21 Å². The molecule has 1 N–H and O–H groups in total. The molecule has 3 rings (SSSR count). The van der Waals surface area contributed by atoms with Gasteiger partial charge < -0.3 is 5.32 Å². The molecule has 0 saturated heterocycles. The molecular weight excluding hydrogens is 322 g/mol. The average Bonchev–Trinajstić information content (AvgIpc) is 2.62. The molecule has 0 aromatic heterocycles. The van der Waals surface area contributed by atoms with Gasteiger partial charge in [-0.05, 0) is 18.4 Å². The molecule has 2 unspecified atom stereocenters. The second kappa shape index (κ2) is 6.93. The molecule has 1 aromatic rings. The topological polar surface area (TPSA) is 29.1 Å². The van der Waals surface area contributed by atoms with Crippen LogP contribution >= 0.6 is 12.2 Å². The second-order valence-corrected chi connectivity index (χ2v) is 7.89. The van der Waals surface area contributed by atoms with Crippen molar-refractivity contribution in [2.24, 2.45) is 5.92 Å². The van der Waals surface area contributed by atoms with Crippen LogP contribution in [-0.4, -0.2) is 21.0 Å². The summed E-state index contributed by atoms with van der Waals surface area (Å²) in [5, 5.41) is 4.82. The van der Waals surface area contributed by atoms with Crippen LogP contribution in [0.5, 0.6) is 0 Å². The maximum absolute atomic E-state index is 12.8. The number of rotatable bonds is 3. The summed E-state index contributed by atoms with van der Waals surface area (Å²) in [7, 11) is 0.670. The Bertz CT molecular complexity index is 693. The third kappa shape index (κ3) is 2.98. The number of hydrogen-bond donors (Lipinski definition) is 1. The molecular formula is C19H21NOS2. The fourth-order valence-corrected chi connectivity index (χ4v) is 5.37. The van der Waals surface area contributed by atoms with Crippen molar-refractivity contribution < 1.29 is 4.21 Å². The summed E-state index contributed by atoms with van der Waals surface area (Å²) in [5.41, 5.74) is 1.34. The maximum atomic E-state index is 12.8. The van der Waals surface area contributed by atoms with E-state index in [-0.39, 0.29) is 5.92 Å². The average molecular weight is 344 g/mol. The molecule has 0 fully saturated rings. The molecule has 1 aromatic carbocycles. The zero-order valence-electron chi connectivity index (χ0n) is 13.1. The van der Waals surface area contributed by atoms with Gasteiger partial charge in [0.1, 0.15) is 4.75 Å². The Morgan fingerprint density at radius 3 is 2.61 bits per heavy atom. The van der Waals surface area contributed by atoms with Gasteiger partial charge in [-0.3, -0.25) is 4.21 Å². The standard InChI is InChI=1S/C19H21NOS2/c1-20-18(22)19(13-5-6-14-23(19)21)17-11-9-16(10-12-17)15-7-3-2-4-8-15/h2-9,11,13-14,16-17H,10,12H2,1H3,(H,20,22)/t16?,17?,19-,23+/m0/s1. The fourth-order valence-electron chi connectivity index (χ4n) is 3.45. The minimum absolute atomic E-state index is 0.157. The Kier molecular flexibility index (Phi) is 4.93. The monoisotopic (exact) mass is 343 g/mol. The maximum Gasteiger partial charge on any atom is 0.124 e. The zero-order valence-corrected chi connectivity index (χ0v) is 14.8. The van der Waals surface area contributed by atoms with Crippen molar-refractivity contribution in [2.45, 2.75) is 23.5 Å². The smallest absolute Gasteiger partial charge is 0.124 e. The molecule has 4 heteroatoms. The van der Waals surface area contributed by atoms with Crippen LogP contribution in [0.25, 0.3) is 0 Å². The molecule has 1 aliphatic carbocycles. The fraction of sp³-hybridized carbons (Fsp3) is 0.316. The summed E-state index contributed by atoms with van der Waals surface area (Å²) in [6.07, 6.45) is 12.3. The van der Waals surface area contributed by atoms with Crippen LogP contribution in [0.4, 0.5) is 0 Å². The Balaban J connectivity index is 1.89. The minimum atomic E-state index is -1.14. The summed E-state index contributed by atoms with van der Waals surface area (Å²) >= 11 is 5.54. The largest absolute Gasteiger partial charge is 0.381 e. The van der Waals surface area contributed by atoms with Gasteiger partial charge in [-0.2, -0.15) is 0 Å². The zero-order chi connectivity index (χ0) is 16.3. The highest BCUT2D eigenvalue weighted by atomic mass is 32.2. The third-order valence-electron chi connectivity index (χ3n) is 4.71. The number of allylic oxidation sites excluding steroid dienone is 4. The first-order valence-electron chi connectivity index (χ1n) is 7.90. The van der Waals surface area contributed by atoms with Gasteiger partial charge in [0.25, 0.3) is 0 Å². The second-order valence-electron chi connectivity index (χ2n) is 5.94. The predicted octanol–water partition coefficient (Wildman–Crippen LogP) is 3.85. The van der Waals surface area contributed by atoms with Gasteiger partial charge in [-0.25, -0.2) is 0 Å². The third-order valence-corrected chi connectivity index (χ3v) is 7.10. The molecule has 23 heavy (non-hydrogen) atoms. The number of nitrogens with one attached hydrogen (secondary N) is 1. The van der Waals surface area contributed by atoms with Crippen LogP contribution in [0.15, 0.2) is 66.1 Å². The van der Waals surface area contributed by atoms with Crippen molar-refractivity contribution >= 4 is 28.0 Å². The van der Waals surface area contributed by atoms with E-state index in [4.69, 9.17) is 12.2 Å². The van der Waals surface area contributed by atoms with E-state index in [1.165, 1.54) is 5.56 Å². The molecule has 0 spiro atoms. The highest BCUT2D eigenvalue weighted by Crippen LogP contribution is 2.40. The van der Waals surface area contributed by atoms with Crippen LogP contribution in [0.2, 0.25) is 0 Å². The van der Waals surface area contributed by atoms with Crippen LogP contribution in [0.3, 0.4) is 0 Å². The van der Waals surface area contributed by atoms with Gasteiger partial charge in [-0.15, -0.1) is 0 Å². The van der Waals surface area contributed by atoms with E-state index in [1.807, 2.05) is 31.3 Å². The number of thiocarbonyl (C=S) groups is 1. The van der Waals surface area contributed by atoms with E-state index in [0.717, 1.165) is 12.8 Å². The van der Waals surface area contributed by atoms with Crippen molar-refractivity contribution in [2.75, 3.05) is 7.05 Å². The molecule has 2 aliphatic rings. The Morgan fingerprint density at radius 1 is 1.22 bits per heavy atom. The van der Waals surface area contributed by atoms with Crippen LogP contribution < -0.4 is 5.32 Å². The predicted molar refractivity (Wildman–Crippen MR) is 102 cm³/mol. The van der Waals surface area contributed by atoms with Crippen molar-refractivity contribution in [3.63, 3.8) is 0 Å². The molecule has 0 radical (unpaired) electrons. The van der Waals surface area contributed by atoms with E-state index in [1.54, 1.807) is 5.41 Å². The molecule has 0 bridgehead atoms. The van der Waals surface area contributed by atoms with Gasteiger partial charge in [0.2, 0.25) is 0 Å². The molecule has 4 atom stereocenters. The van der Waals surface area contributed by atoms with Gasteiger partial charge in [-0.1, -0.05) is 72.9 Å². The lowest BCUT2D eigenvalue weighted by Gasteiger charge is -2.39. The quantitative estimate of drug-likeness (QED) is 0.667. The van der Waals surface area contributed by atoms with Crippen molar-refractivity contribution in [1.29, 1.82) is 0 Å². The number of hydrogen-bond acceptors (Lipinski definition) is 2. The minimum Gasteiger partial charge on any atom is -0.381 e. The first kappa shape index (κ1) is 16.3. The molecule has 1 aliphatic heterocycles. The van der Waals surface area contributed by atoms with E-state index >= 15 is 0 Å². The lowest BCUT2D eigenvalue weighted by molar-refractivity contribution is 0.484. The van der Waals surface area contributed by atoms with Gasteiger partial charge in [0, 0.05) is 24.3 Å². The highest BCUT2D eigenvalue weighted by Gasteiger charge is 2.45. The normalized spacial score (nSPS) is 32.7. The van der Waals surface area contributed by atoms with Crippen LogP contribution in [-0.2, 0) is 10.8 Å². The lowest BCUT2D eigenvalue weighted by atomic mass is 9.78. The lowest BCUT2D eigenvalue weighted by Crippen LogP contribution is -2.52. The van der Waals surface area contributed by atoms with Crippen molar-refractivity contribution in [3.8, 4) is 0 Å². The Hall–Kier alpha value is -1.52. The van der Waals surface area contributed by atoms with Crippen LogP contribution in [0.1, 0.15) is 24.3 Å². The summed E-state index contributed by atoms with van der Waals surface area (Å²) in [5.74, 6) is 0.591. The summed E-state index contributed by atoms with van der Waals surface area (Å²) < 4.78 is 12.2. The Labute approximate surface area is 145 Å². The molecule has 1 heterocycles. The summed E-state index contributed by atoms with van der Waals surface area (Å²) in [4.78, 5) is 0.657. The first-order chi connectivity index (χ1) is 11.2. The summed E-state index contributed by atoms with van der Waals surface area (Å²) in [6, 6.07) is 10.5. The Morgan fingerprint density at radius 2 is 2.00 bits per heavy atom. The SMILES string of the molecule is CNC(=S)[C@@]1(C2C=CC(c3ccccc3)CC2)C=CC=C[S@]1=O. The molecule has 0 saturated carbocycles. The molecule has 0 amide bonds. The molecule has 120 valence electrons. The van der Waals surface area contributed by atoms with E-state index < -0.39 is 15.5 Å². The highest BCUT2D eigenvalue weighted by molar-refractivity contribution is 7.92. The first-order valence-corrected chi connectivity index (χ1v) is 9.53.